The molecule has 0 saturated carbocycles. The highest BCUT2D eigenvalue weighted by atomic mass is 32.1. The molecule has 0 spiro atoms. The van der Waals surface area contributed by atoms with E-state index in [2.05, 4.69) is 11.9 Å². The molecule has 0 bridgehead atoms. The van der Waals surface area contributed by atoms with Gasteiger partial charge >= 0.3 is 0 Å². The number of hydrogen-bond acceptors (Lipinski definition) is 4. The molecule has 3 rings (SSSR count). The highest BCUT2D eigenvalue weighted by Crippen LogP contribution is 2.35. The number of aryl methyl sites for hydroxylation is 2. The van der Waals surface area contributed by atoms with Gasteiger partial charge in [-0.25, -0.2) is 4.98 Å². The van der Waals surface area contributed by atoms with Gasteiger partial charge in [0, 0.05) is 5.56 Å². The summed E-state index contributed by atoms with van der Waals surface area (Å²) in [5.74, 6) is -0.202. The van der Waals surface area contributed by atoms with Gasteiger partial charge in [-0.15, -0.1) is 0 Å². The monoisotopic (exact) mass is 337 g/mol. The average Bonchev–Trinajstić information content (AvgIpc) is 2.56. The third-order valence-electron chi connectivity index (χ3n) is 4.45. The minimum absolute atomic E-state index is 0.171. The lowest BCUT2D eigenvalue weighted by Crippen LogP contribution is -2.06. The fraction of sp³-hybridized carbons (Fsp3) is 0.200. The molecule has 3 nitrogen and oxygen atoms in total. The van der Waals surface area contributed by atoms with E-state index in [4.69, 9.17) is 0 Å². The lowest BCUT2D eigenvalue weighted by atomic mass is 9.91. The van der Waals surface area contributed by atoms with E-state index in [1.54, 1.807) is 0 Å². The van der Waals surface area contributed by atoms with Gasteiger partial charge in [0.25, 0.3) is 0 Å². The Balaban J connectivity index is 2.25. The Labute approximate surface area is 145 Å². The molecule has 0 unspecified atom stereocenters. The van der Waals surface area contributed by atoms with Crippen LogP contribution in [0.2, 0.25) is 0 Å². The molecule has 4 heteroatoms. The van der Waals surface area contributed by atoms with Gasteiger partial charge in [0.05, 0.1) is 0 Å². The quantitative estimate of drug-likeness (QED) is 0.732. The highest BCUT2D eigenvalue weighted by Gasteiger charge is 2.19. The molecule has 0 aliphatic heterocycles. The minimum Gasteiger partial charge on any atom is -0.493 e. The van der Waals surface area contributed by atoms with E-state index in [1.807, 2.05) is 57.2 Å². The van der Waals surface area contributed by atoms with Crippen LogP contribution in [0.25, 0.3) is 21.7 Å². The van der Waals surface area contributed by atoms with Crippen LogP contribution in [0.1, 0.15) is 22.3 Å². The molecule has 2 aromatic carbocycles. The van der Waals surface area contributed by atoms with Crippen molar-refractivity contribution in [1.29, 1.82) is 0 Å². The van der Waals surface area contributed by atoms with Crippen LogP contribution >= 0.6 is 11.3 Å². The van der Waals surface area contributed by atoms with Crippen molar-refractivity contribution in [2.75, 3.05) is 0 Å². The maximum absolute atomic E-state index is 12.8. The summed E-state index contributed by atoms with van der Waals surface area (Å²) in [6, 6.07) is 11.5. The Morgan fingerprint density at radius 2 is 1.58 bits per heavy atom. The van der Waals surface area contributed by atoms with E-state index in [-0.39, 0.29) is 10.6 Å². The summed E-state index contributed by atoms with van der Waals surface area (Å²) < 4.78 is -0.171. The predicted octanol–water partition coefficient (Wildman–Crippen LogP) is 4.78. The maximum Gasteiger partial charge on any atom is 0.247 e. The largest absolute Gasteiger partial charge is 0.493 e. The summed E-state index contributed by atoms with van der Waals surface area (Å²) in [7, 11) is 0. The molecule has 24 heavy (non-hydrogen) atoms. The van der Waals surface area contributed by atoms with Crippen LogP contribution in [0, 0.1) is 27.7 Å². The van der Waals surface area contributed by atoms with Gasteiger partial charge in [-0.05, 0) is 55.5 Å². The van der Waals surface area contributed by atoms with E-state index in [0.29, 0.717) is 10.6 Å². The lowest BCUT2D eigenvalue weighted by molar-refractivity contribution is 0.457. The topological polar surface area (TPSA) is 50.2 Å². The standard InChI is InChI=1S/C20H19NO2S/c1-11-10-12(2)16(14(4)13(11)3)17-18(22)21-19(24-20(17)23)15-8-6-5-7-9-15/h5-10,22H,1-4H3. The number of hydrogen-bond donors (Lipinski definition) is 1. The third kappa shape index (κ3) is 2.74. The van der Waals surface area contributed by atoms with E-state index < -0.39 is 0 Å². The van der Waals surface area contributed by atoms with E-state index >= 15 is 0 Å². The number of rotatable bonds is 2. The summed E-state index contributed by atoms with van der Waals surface area (Å²) >= 11 is 1.07. The molecule has 0 saturated heterocycles. The zero-order chi connectivity index (χ0) is 17.4. The fourth-order valence-corrected chi connectivity index (χ4v) is 3.85. The molecular formula is C20H19NO2S. The van der Waals surface area contributed by atoms with Crippen LogP contribution < -0.4 is 4.74 Å². The van der Waals surface area contributed by atoms with E-state index in [1.165, 1.54) is 5.56 Å². The zero-order valence-electron chi connectivity index (χ0n) is 14.2. The molecule has 0 atom stereocenters. The predicted molar refractivity (Wildman–Crippen MR) is 99.9 cm³/mol. The molecule has 1 N–H and O–H groups in total. The number of aromatic hydroxyl groups is 1. The SMILES string of the molecule is Cc1cc(C)c(-c2c(O)nc(-c3ccccc3)sc2=O)c(C)c1C. The first-order chi connectivity index (χ1) is 11.4. The van der Waals surface area contributed by atoms with Crippen molar-refractivity contribution in [3.8, 4) is 27.6 Å². The van der Waals surface area contributed by atoms with Crippen molar-refractivity contribution in [1.82, 2.24) is 4.98 Å². The van der Waals surface area contributed by atoms with Crippen molar-refractivity contribution in [2.45, 2.75) is 27.7 Å². The van der Waals surface area contributed by atoms with Crippen molar-refractivity contribution in [2.24, 2.45) is 0 Å². The Bertz CT molecular complexity index is 975. The van der Waals surface area contributed by atoms with Crippen LogP contribution in [0.5, 0.6) is 5.88 Å². The molecule has 0 amide bonds. The molecule has 0 aliphatic carbocycles. The van der Waals surface area contributed by atoms with Gasteiger partial charge in [-0.1, -0.05) is 47.7 Å². The Morgan fingerprint density at radius 1 is 0.917 bits per heavy atom. The van der Waals surface area contributed by atoms with Crippen LogP contribution in [-0.2, 0) is 0 Å². The minimum atomic E-state index is -0.202. The smallest absolute Gasteiger partial charge is 0.247 e. The highest BCUT2D eigenvalue weighted by molar-refractivity contribution is 7.12. The molecule has 0 radical (unpaired) electrons. The second kappa shape index (κ2) is 6.21. The van der Waals surface area contributed by atoms with Crippen molar-refractivity contribution in [3.05, 3.63) is 68.2 Å². The van der Waals surface area contributed by atoms with Gasteiger partial charge in [0.1, 0.15) is 10.6 Å². The maximum atomic E-state index is 12.8. The summed E-state index contributed by atoms with van der Waals surface area (Å²) in [6.45, 7) is 8.03. The lowest BCUT2D eigenvalue weighted by Gasteiger charge is -2.15. The molecule has 0 fully saturated rings. The molecule has 3 aromatic rings. The molecular weight excluding hydrogens is 318 g/mol. The Hall–Kier alpha value is -2.46. The zero-order valence-corrected chi connectivity index (χ0v) is 15.0. The van der Waals surface area contributed by atoms with Gasteiger partial charge in [-0.3, -0.25) is 4.79 Å². The molecule has 1 aromatic heterocycles. The Kier molecular flexibility index (Phi) is 4.24. The first-order valence-electron chi connectivity index (χ1n) is 7.77. The van der Waals surface area contributed by atoms with Crippen molar-refractivity contribution < 1.29 is 5.11 Å². The van der Waals surface area contributed by atoms with Crippen LogP contribution in [0.4, 0.5) is 0 Å². The average molecular weight is 337 g/mol. The number of benzene rings is 2. The van der Waals surface area contributed by atoms with E-state index in [0.717, 1.165) is 39.2 Å². The van der Waals surface area contributed by atoms with Crippen LogP contribution in [0.3, 0.4) is 0 Å². The van der Waals surface area contributed by atoms with Gasteiger partial charge < -0.3 is 5.11 Å². The van der Waals surface area contributed by atoms with Crippen molar-refractivity contribution >= 4 is 11.3 Å². The van der Waals surface area contributed by atoms with Gasteiger partial charge in [0.15, 0.2) is 0 Å². The first kappa shape index (κ1) is 16.4. The summed E-state index contributed by atoms with van der Waals surface area (Å²) in [4.78, 5) is 17.0. The van der Waals surface area contributed by atoms with Crippen LogP contribution in [0.15, 0.2) is 41.2 Å². The number of nitrogens with zero attached hydrogens (tertiary/aromatic N) is 1. The van der Waals surface area contributed by atoms with Gasteiger partial charge in [0.2, 0.25) is 10.6 Å². The second-order valence-electron chi connectivity index (χ2n) is 6.01. The molecule has 122 valence electrons. The van der Waals surface area contributed by atoms with E-state index in [9.17, 15) is 9.90 Å². The first-order valence-corrected chi connectivity index (χ1v) is 8.59. The fourth-order valence-electron chi connectivity index (χ4n) is 2.99. The van der Waals surface area contributed by atoms with Gasteiger partial charge in [-0.2, -0.15) is 0 Å². The molecule has 1 heterocycles. The van der Waals surface area contributed by atoms with Crippen molar-refractivity contribution in [3.63, 3.8) is 0 Å². The number of aromatic nitrogens is 1. The van der Waals surface area contributed by atoms with Crippen LogP contribution in [-0.4, -0.2) is 10.1 Å². The second-order valence-corrected chi connectivity index (χ2v) is 6.97. The summed E-state index contributed by atoms with van der Waals surface area (Å²) in [5.41, 5.74) is 6.23. The summed E-state index contributed by atoms with van der Waals surface area (Å²) in [6.07, 6.45) is 0. The molecule has 0 aliphatic rings. The third-order valence-corrected chi connectivity index (χ3v) is 5.36. The Morgan fingerprint density at radius 3 is 2.21 bits per heavy atom. The normalized spacial score (nSPS) is 10.8. The summed E-state index contributed by atoms with van der Waals surface area (Å²) in [5, 5.41) is 11.0.